The van der Waals surface area contributed by atoms with Gasteiger partial charge in [0.25, 0.3) is 0 Å². The predicted molar refractivity (Wildman–Crippen MR) is 90.2 cm³/mol. The monoisotopic (exact) mass is 322 g/mol. The number of carbonyl (C=O) groups excluding carboxylic acids is 1. The van der Waals surface area contributed by atoms with Crippen molar-refractivity contribution in [2.75, 3.05) is 19.6 Å². The van der Waals surface area contributed by atoms with Crippen LogP contribution < -0.4 is 10.6 Å². The third kappa shape index (κ3) is 4.92. The van der Waals surface area contributed by atoms with Gasteiger partial charge in [0, 0.05) is 25.6 Å². The summed E-state index contributed by atoms with van der Waals surface area (Å²) >= 11 is 0. The average Bonchev–Trinajstić information content (AvgIpc) is 2.78. The molecule has 1 aromatic rings. The molecule has 0 saturated heterocycles. The fraction of sp³-hybridized carbons (Fsp3) is 0.812. The molecule has 0 aromatic carbocycles. The number of aryl methyl sites for hydroxylation is 1. The molecule has 7 nitrogen and oxygen atoms in total. The molecule has 2 amide bonds. The molecule has 1 aliphatic heterocycles. The molecule has 0 fully saturated rings. The minimum Gasteiger partial charge on any atom is -0.337 e. The van der Waals surface area contributed by atoms with Crippen LogP contribution in [0.5, 0.6) is 0 Å². The van der Waals surface area contributed by atoms with E-state index in [-0.39, 0.29) is 6.03 Å². The van der Waals surface area contributed by atoms with Gasteiger partial charge in [-0.15, -0.1) is 10.2 Å². The standard InChI is InChI=1S/C16H30N6O/c1-4-21(5-2)13(3)11-17-16(23)18-12-15-20-19-14-9-7-6-8-10-22(14)15/h13H,4-12H2,1-3H3,(H2,17,18,23). The number of nitrogens with one attached hydrogen (secondary N) is 2. The van der Waals surface area contributed by atoms with E-state index in [1.54, 1.807) is 0 Å². The Hall–Kier alpha value is -1.63. The third-order valence-corrected chi connectivity index (χ3v) is 4.59. The Morgan fingerprint density at radius 2 is 2.00 bits per heavy atom. The van der Waals surface area contributed by atoms with Crippen molar-refractivity contribution in [2.24, 2.45) is 0 Å². The van der Waals surface area contributed by atoms with Crippen LogP contribution in [-0.4, -0.2) is 51.4 Å². The van der Waals surface area contributed by atoms with Crippen LogP contribution in [0.4, 0.5) is 4.79 Å². The largest absolute Gasteiger partial charge is 0.337 e. The summed E-state index contributed by atoms with van der Waals surface area (Å²) in [6.45, 7) is 10.4. The second-order valence-corrected chi connectivity index (χ2v) is 6.13. The second kappa shape index (κ2) is 8.86. The van der Waals surface area contributed by atoms with E-state index >= 15 is 0 Å². The lowest BCUT2D eigenvalue weighted by molar-refractivity contribution is 0.214. The van der Waals surface area contributed by atoms with Crippen molar-refractivity contribution in [3.8, 4) is 0 Å². The van der Waals surface area contributed by atoms with E-state index in [9.17, 15) is 4.79 Å². The van der Waals surface area contributed by atoms with E-state index in [1.807, 2.05) is 0 Å². The molecule has 0 radical (unpaired) electrons. The van der Waals surface area contributed by atoms with Crippen LogP contribution >= 0.6 is 0 Å². The van der Waals surface area contributed by atoms with Gasteiger partial charge in [0.15, 0.2) is 5.82 Å². The van der Waals surface area contributed by atoms with Crippen LogP contribution in [0, 0.1) is 0 Å². The van der Waals surface area contributed by atoms with Gasteiger partial charge in [-0.1, -0.05) is 20.3 Å². The topological polar surface area (TPSA) is 75.1 Å². The van der Waals surface area contributed by atoms with E-state index in [0.29, 0.717) is 19.1 Å². The predicted octanol–water partition coefficient (Wildman–Crippen LogP) is 1.53. The number of amides is 2. The van der Waals surface area contributed by atoms with Crippen LogP contribution in [0.3, 0.4) is 0 Å². The molecule has 7 heteroatoms. The second-order valence-electron chi connectivity index (χ2n) is 6.13. The van der Waals surface area contributed by atoms with Crippen molar-refractivity contribution in [3.05, 3.63) is 11.6 Å². The number of carbonyl (C=O) groups is 1. The van der Waals surface area contributed by atoms with E-state index in [0.717, 1.165) is 44.1 Å². The molecule has 0 bridgehead atoms. The maximum atomic E-state index is 12.0. The normalized spacial score (nSPS) is 15.8. The molecule has 1 atom stereocenters. The number of hydrogen-bond donors (Lipinski definition) is 2. The number of aromatic nitrogens is 3. The van der Waals surface area contributed by atoms with Crippen molar-refractivity contribution in [1.29, 1.82) is 0 Å². The van der Waals surface area contributed by atoms with Crippen molar-refractivity contribution < 1.29 is 4.79 Å². The molecule has 2 N–H and O–H groups in total. The Bertz CT molecular complexity index is 497. The Morgan fingerprint density at radius 3 is 2.74 bits per heavy atom. The zero-order valence-electron chi connectivity index (χ0n) is 14.6. The summed E-state index contributed by atoms with van der Waals surface area (Å²) in [5, 5.41) is 14.3. The van der Waals surface area contributed by atoms with Gasteiger partial charge in [-0.05, 0) is 32.9 Å². The Kier molecular flexibility index (Phi) is 6.83. The van der Waals surface area contributed by atoms with Crippen molar-refractivity contribution in [1.82, 2.24) is 30.3 Å². The maximum absolute atomic E-state index is 12.0. The Balaban J connectivity index is 1.78. The number of nitrogens with zero attached hydrogens (tertiary/aromatic N) is 4. The molecule has 130 valence electrons. The quantitative estimate of drug-likeness (QED) is 0.798. The Morgan fingerprint density at radius 1 is 1.22 bits per heavy atom. The highest BCUT2D eigenvalue weighted by molar-refractivity contribution is 5.73. The summed E-state index contributed by atoms with van der Waals surface area (Å²) in [5.74, 6) is 1.91. The van der Waals surface area contributed by atoms with Gasteiger partial charge >= 0.3 is 6.03 Å². The van der Waals surface area contributed by atoms with E-state index in [2.05, 4.69) is 51.1 Å². The highest BCUT2D eigenvalue weighted by Gasteiger charge is 2.15. The van der Waals surface area contributed by atoms with Crippen molar-refractivity contribution in [2.45, 2.75) is 65.6 Å². The number of fused-ring (bicyclic) bond motifs is 1. The first-order chi connectivity index (χ1) is 11.2. The van der Waals surface area contributed by atoms with Gasteiger partial charge in [-0.2, -0.15) is 0 Å². The van der Waals surface area contributed by atoms with Gasteiger partial charge < -0.3 is 15.2 Å². The molecule has 2 heterocycles. The molecule has 0 aliphatic carbocycles. The fourth-order valence-electron chi connectivity index (χ4n) is 3.11. The highest BCUT2D eigenvalue weighted by Crippen LogP contribution is 2.14. The van der Waals surface area contributed by atoms with Gasteiger partial charge in [-0.25, -0.2) is 4.79 Å². The van der Waals surface area contributed by atoms with E-state index in [4.69, 9.17) is 0 Å². The molecular formula is C16H30N6O. The van der Waals surface area contributed by atoms with Crippen molar-refractivity contribution >= 4 is 6.03 Å². The maximum Gasteiger partial charge on any atom is 0.315 e. The van der Waals surface area contributed by atoms with Crippen LogP contribution in [0.1, 0.15) is 51.7 Å². The summed E-state index contributed by atoms with van der Waals surface area (Å²) in [6, 6.07) is 0.190. The SMILES string of the molecule is CCN(CC)C(C)CNC(=O)NCc1nnc2n1CCCCC2. The van der Waals surface area contributed by atoms with Crippen LogP contribution in [-0.2, 0) is 19.5 Å². The average molecular weight is 322 g/mol. The Labute approximate surface area is 138 Å². The summed E-state index contributed by atoms with van der Waals surface area (Å²) in [7, 11) is 0. The smallest absolute Gasteiger partial charge is 0.315 e. The fourth-order valence-corrected chi connectivity index (χ4v) is 3.11. The van der Waals surface area contributed by atoms with Gasteiger partial charge in [0.2, 0.25) is 0 Å². The van der Waals surface area contributed by atoms with Crippen LogP contribution in [0.2, 0.25) is 0 Å². The molecular weight excluding hydrogens is 292 g/mol. The van der Waals surface area contributed by atoms with Gasteiger partial charge in [-0.3, -0.25) is 4.90 Å². The first-order valence-electron chi connectivity index (χ1n) is 8.82. The zero-order chi connectivity index (χ0) is 16.7. The summed E-state index contributed by atoms with van der Waals surface area (Å²) in [4.78, 5) is 14.3. The third-order valence-electron chi connectivity index (χ3n) is 4.59. The van der Waals surface area contributed by atoms with E-state index < -0.39 is 0 Å². The lowest BCUT2D eigenvalue weighted by atomic mass is 10.2. The molecule has 1 aliphatic rings. The van der Waals surface area contributed by atoms with Gasteiger partial charge in [0.1, 0.15) is 5.82 Å². The summed E-state index contributed by atoms with van der Waals surface area (Å²) < 4.78 is 2.16. The molecule has 0 saturated carbocycles. The summed E-state index contributed by atoms with van der Waals surface area (Å²) in [6.07, 6.45) is 4.56. The van der Waals surface area contributed by atoms with Crippen LogP contribution in [0.25, 0.3) is 0 Å². The highest BCUT2D eigenvalue weighted by atomic mass is 16.2. The first kappa shape index (κ1) is 17.7. The minimum atomic E-state index is -0.144. The molecule has 23 heavy (non-hydrogen) atoms. The lowest BCUT2D eigenvalue weighted by Crippen LogP contribution is -2.45. The van der Waals surface area contributed by atoms with Crippen LogP contribution in [0.15, 0.2) is 0 Å². The first-order valence-corrected chi connectivity index (χ1v) is 8.82. The zero-order valence-corrected chi connectivity index (χ0v) is 14.6. The molecule has 0 spiro atoms. The molecule has 1 aromatic heterocycles. The number of likely N-dealkylation sites (N-methyl/N-ethyl adjacent to an activating group) is 1. The minimum absolute atomic E-state index is 0.144. The summed E-state index contributed by atoms with van der Waals surface area (Å²) in [5.41, 5.74) is 0. The molecule has 2 rings (SSSR count). The van der Waals surface area contributed by atoms with Gasteiger partial charge in [0.05, 0.1) is 6.54 Å². The number of rotatable bonds is 7. The lowest BCUT2D eigenvalue weighted by Gasteiger charge is -2.26. The number of hydrogen-bond acceptors (Lipinski definition) is 4. The van der Waals surface area contributed by atoms with E-state index in [1.165, 1.54) is 12.8 Å². The molecule has 1 unspecified atom stereocenters. The van der Waals surface area contributed by atoms with Crippen molar-refractivity contribution in [3.63, 3.8) is 0 Å². The number of urea groups is 1.